The number of aromatic nitrogens is 1. The summed E-state index contributed by atoms with van der Waals surface area (Å²) in [5.41, 5.74) is 3.83. The van der Waals surface area contributed by atoms with E-state index in [1.807, 2.05) is 12.1 Å². The number of aryl methyl sites for hydroxylation is 1. The lowest BCUT2D eigenvalue weighted by Gasteiger charge is -2.07. The van der Waals surface area contributed by atoms with Gasteiger partial charge in [-0.05, 0) is 29.7 Å². The predicted molar refractivity (Wildman–Crippen MR) is 92.3 cm³/mol. The minimum Gasteiger partial charge on any atom is -0.243 e. The van der Waals surface area contributed by atoms with Gasteiger partial charge in [0.25, 0.3) is 0 Å². The molecule has 21 heavy (non-hydrogen) atoms. The Kier molecular flexibility index (Phi) is 2.95. The average Bonchev–Trinajstić information content (AvgIpc) is 2.90. The van der Waals surface area contributed by atoms with Crippen molar-refractivity contribution >= 4 is 43.1 Å². The molecule has 2 aromatic heterocycles. The van der Waals surface area contributed by atoms with Gasteiger partial charge in [-0.2, -0.15) is 0 Å². The lowest BCUT2D eigenvalue weighted by molar-refractivity contribution is 1.37. The third-order valence-electron chi connectivity index (χ3n) is 3.85. The van der Waals surface area contributed by atoms with Gasteiger partial charge in [0.1, 0.15) is 5.15 Å². The number of hydrogen-bond acceptors (Lipinski definition) is 2. The van der Waals surface area contributed by atoms with Crippen molar-refractivity contribution in [3.63, 3.8) is 0 Å². The van der Waals surface area contributed by atoms with Crippen molar-refractivity contribution in [2.45, 2.75) is 6.92 Å². The zero-order valence-corrected chi connectivity index (χ0v) is 13.0. The number of fused-ring (bicyclic) bond motifs is 3. The molecular weight excluding hydrogens is 298 g/mol. The second kappa shape index (κ2) is 4.83. The molecule has 0 amide bonds. The van der Waals surface area contributed by atoms with E-state index in [0.29, 0.717) is 5.15 Å². The fourth-order valence-electron chi connectivity index (χ4n) is 2.80. The molecule has 0 unspecified atom stereocenters. The summed E-state index contributed by atoms with van der Waals surface area (Å²) in [5.74, 6) is 0. The van der Waals surface area contributed by atoms with Crippen LogP contribution in [-0.2, 0) is 0 Å². The smallest absolute Gasteiger partial charge is 0.146 e. The number of thiophene rings is 1. The van der Waals surface area contributed by atoms with Crippen molar-refractivity contribution in [3.05, 3.63) is 65.4 Å². The first-order valence-corrected chi connectivity index (χ1v) is 7.97. The third kappa shape index (κ3) is 1.95. The van der Waals surface area contributed by atoms with E-state index in [1.165, 1.54) is 32.2 Å². The molecule has 0 bridgehead atoms. The largest absolute Gasteiger partial charge is 0.243 e. The lowest BCUT2D eigenvalue weighted by Crippen LogP contribution is -1.82. The molecule has 0 saturated heterocycles. The van der Waals surface area contributed by atoms with E-state index >= 15 is 0 Å². The van der Waals surface area contributed by atoms with Gasteiger partial charge in [-0.3, -0.25) is 0 Å². The predicted octanol–water partition coefficient (Wildman–Crippen LogP) is 6.08. The maximum absolute atomic E-state index is 6.24. The van der Waals surface area contributed by atoms with Crippen molar-refractivity contribution in [2.24, 2.45) is 0 Å². The molecule has 3 heteroatoms. The van der Waals surface area contributed by atoms with Crippen molar-refractivity contribution < 1.29 is 0 Å². The second-order valence-electron chi connectivity index (χ2n) is 5.06. The molecule has 2 heterocycles. The van der Waals surface area contributed by atoms with E-state index in [4.69, 9.17) is 11.6 Å². The summed E-state index contributed by atoms with van der Waals surface area (Å²) in [6, 6.07) is 16.9. The number of hydrogen-bond donors (Lipinski definition) is 0. The van der Waals surface area contributed by atoms with Crippen molar-refractivity contribution in [2.75, 3.05) is 0 Å². The van der Waals surface area contributed by atoms with Gasteiger partial charge in [0.05, 0.1) is 4.70 Å². The SMILES string of the molecule is Cc1c(-c2ccccc2)ccc2c1sc1c(Cl)nccc12. The van der Waals surface area contributed by atoms with Gasteiger partial charge in [0, 0.05) is 21.7 Å². The van der Waals surface area contributed by atoms with Gasteiger partial charge in [-0.1, -0.05) is 54.1 Å². The van der Waals surface area contributed by atoms with Crippen LogP contribution in [0.1, 0.15) is 5.56 Å². The van der Waals surface area contributed by atoms with Crippen molar-refractivity contribution in [1.82, 2.24) is 4.98 Å². The van der Waals surface area contributed by atoms with Crippen LogP contribution in [0.2, 0.25) is 5.15 Å². The first-order chi connectivity index (χ1) is 10.3. The van der Waals surface area contributed by atoms with Gasteiger partial charge in [0.2, 0.25) is 0 Å². The maximum Gasteiger partial charge on any atom is 0.146 e. The van der Waals surface area contributed by atoms with Crippen LogP contribution in [0.3, 0.4) is 0 Å². The summed E-state index contributed by atoms with van der Waals surface area (Å²) in [6.07, 6.45) is 1.78. The van der Waals surface area contributed by atoms with E-state index in [1.54, 1.807) is 17.5 Å². The summed E-state index contributed by atoms with van der Waals surface area (Å²) < 4.78 is 2.36. The Balaban J connectivity index is 2.08. The highest BCUT2D eigenvalue weighted by atomic mass is 35.5. The first-order valence-electron chi connectivity index (χ1n) is 6.77. The summed E-state index contributed by atoms with van der Waals surface area (Å²) in [6.45, 7) is 2.18. The highest BCUT2D eigenvalue weighted by molar-refractivity contribution is 7.26. The molecule has 0 radical (unpaired) electrons. The van der Waals surface area contributed by atoms with E-state index in [9.17, 15) is 0 Å². The summed E-state index contributed by atoms with van der Waals surface area (Å²) in [7, 11) is 0. The summed E-state index contributed by atoms with van der Waals surface area (Å²) >= 11 is 7.97. The third-order valence-corrected chi connectivity index (χ3v) is 5.59. The molecule has 0 spiro atoms. The molecule has 0 fully saturated rings. The van der Waals surface area contributed by atoms with E-state index in [-0.39, 0.29) is 0 Å². The van der Waals surface area contributed by atoms with Gasteiger partial charge < -0.3 is 0 Å². The highest BCUT2D eigenvalue weighted by Crippen LogP contribution is 2.41. The standard InChI is InChI=1S/C18H12ClNS/c1-11-13(12-5-3-2-4-6-12)7-8-14-15-9-10-20-18(19)17(15)21-16(11)14/h2-10H,1H3. The fraction of sp³-hybridized carbons (Fsp3) is 0.0556. The van der Waals surface area contributed by atoms with Crippen LogP contribution < -0.4 is 0 Å². The lowest BCUT2D eigenvalue weighted by atomic mass is 9.98. The fourth-order valence-corrected chi connectivity index (χ4v) is 4.25. The van der Waals surface area contributed by atoms with Gasteiger partial charge in [-0.25, -0.2) is 4.98 Å². The Hall–Kier alpha value is -1.90. The Morgan fingerprint density at radius 3 is 2.48 bits per heavy atom. The van der Waals surface area contributed by atoms with E-state index < -0.39 is 0 Å². The van der Waals surface area contributed by atoms with Crippen LogP contribution in [0.5, 0.6) is 0 Å². The van der Waals surface area contributed by atoms with E-state index in [2.05, 4.69) is 48.3 Å². The Bertz CT molecular complexity index is 957. The number of pyridine rings is 1. The average molecular weight is 310 g/mol. The topological polar surface area (TPSA) is 12.9 Å². The van der Waals surface area contributed by atoms with Gasteiger partial charge >= 0.3 is 0 Å². The molecule has 0 aliphatic rings. The molecule has 1 nitrogen and oxygen atoms in total. The molecule has 4 aromatic rings. The Labute approximate surface area is 131 Å². The molecule has 0 aliphatic carbocycles. The quantitative estimate of drug-likeness (QED) is 0.388. The van der Waals surface area contributed by atoms with Crippen molar-refractivity contribution in [3.8, 4) is 11.1 Å². The minimum absolute atomic E-state index is 0.592. The first kappa shape index (κ1) is 12.8. The minimum atomic E-state index is 0.592. The van der Waals surface area contributed by atoms with Crippen LogP contribution in [0.15, 0.2) is 54.7 Å². The van der Waals surface area contributed by atoms with Gasteiger partial charge in [-0.15, -0.1) is 11.3 Å². The molecule has 4 rings (SSSR count). The zero-order chi connectivity index (χ0) is 14.4. The van der Waals surface area contributed by atoms with Crippen LogP contribution in [-0.4, -0.2) is 4.98 Å². The molecule has 102 valence electrons. The van der Waals surface area contributed by atoms with Gasteiger partial charge in [0.15, 0.2) is 0 Å². The van der Waals surface area contributed by atoms with Crippen LogP contribution in [0.25, 0.3) is 31.3 Å². The zero-order valence-electron chi connectivity index (χ0n) is 11.4. The van der Waals surface area contributed by atoms with Crippen LogP contribution in [0, 0.1) is 6.92 Å². The summed E-state index contributed by atoms with van der Waals surface area (Å²) in [4.78, 5) is 4.19. The molecule has 2 aromatic carbocycles. The highest BCUT2D eigenvalue weighted by Gasteiger charge is 2.13. The maximum atomic E-state index is 6.24. The van der Waals surface area contributed by atoms with E-state index in [0.717, 1.165) is 4.70 Å². The number of rotatable bonds is 1. The summed E-state index contributed by atoms with van der Waals surface area (Å²) in [5, 5.41) is 3.04. The normalized spacial score (nSPS) is 11.3. The number of nitrogens with zero attached hydrogens (tertiary/aromatic N) is 1. The van der Waals surface area contributed by atoms with Crippen molar-refractivity contribution in [1.29, 1.82) is 0 Å². The molecule has 0 aliphatic heterocycles. The molecule has 0 N–H and O–H groups in total. The molecule has 0 saturated carbocycles. The second-order valence-corrected chi connectivity index (χ2v) is 6.44. The monoisotopic (exact) mass is 309 g/mol. The molecular formula is C18H12ClNS. The Morgan fingerprint density at radius 2 is 1.67 bits per heavy atom. The number of halogens is 1. The van der Waals surface area contributed by atoms with Crippen LogP contribution in [0.4, 0.5) is 0 Å². The Morgan fingerprint density at radius 1 is 0.905 bits per heavy atom. The van der Waals surface area contributed by atoms with Crippen LogP contribution >= 0.6 is 22.9 Å². The number of benzene rings is 2. The molecule has 0 atom stereocenters.